The van der Waals surface area contributed by atoms with E-state index >= 15 is 0 Å². The van der Waals surface area contributed by atoms with E-state index in [2.05, 4.69) is 22.3 Å². The molecule has 0 aliphatic carbocycles. The number of hydrogen-bond donors (Lipinski definition) is 1. The van der Waals surface area contributed by atoms with Gasteiger partial charge in [-0.15, -0.1) is 0 Å². The predicted molar refractivity (Wildman–Crippen MR) is 101 cm³/mol. The normalized spacial score (nSPS) is 17.8. The molecule has 25 heavy (non-hydrogen) atoms. The molecule has 0 spiro atoms. The lowest BCUT2D eigenvalue weighted by atomic mass is 10.1. The SMILES string of the molecule is COc1cc(-c2cnc3c(N4CCOC[C@@H]4C)snc3c2)ccc1N. The van der Waals surface area contributed by atoms with Gasteiger partial charge in [-0.1, -0.05) is 6.07 Å². The van der Waals surface area contributed by atoms with Gasteiger partial charge in [0.2, 0.25) is 0 Å². The molecule has 1 saturated heterocycles. The Morgan fingerprint density at radius 2 is 2.20 bits per heavy atom. The summed E-state index contributed by atoms with van der Waals surface area (Å²) in [5.74, 6) is 0.665. The van der Waals surface area contributed by atoms with Crippen LogP contribution in [0, 0.1) is 0 Å². The molecule has 0 amide bonds. The van der Waals surface area contributed by atoms with Crippen molar-refractivity contribution in [2.24, 2.45) is 0 Å². The fourth-order valence-electron chi connectivity index (χ4n) is 3.09. The van der Waals surface area contributed by atoms with Crippen molar-refractivity contribution in [3.8, 4) is 16.9 Å². The standard InChI is InChI=1S/C18H20N4O2S/c1-11-10-24-6-5-22(11)18-17-15(21-25-18)7-13(9-20-17)12-3-4-14(19)16(8-12)23-2/h3-4,7-9,11H,5-6,10,19H2,1-2H3/t11-/m0/s1. The maximum absolute atomic E-state index is 5.90. The second kappa shape index (κ2) is 6.50. The minimum Gasteiger partial charge on any atom is -0.495 e. The highest BCUT2D eigenvalue weighted by molar-refractivity contribution is 7.11. The number of aromatic nitrogens is 2. The van der Waals surface area contributed by atoms with Crippen LogP contribution in [0.15, 0.2) is 30.5 Å². The van der Waals surface area contributed by atoms with Crippen LogP contribution in [0.2, 0.25) is 0 Å². The average Bonchev–Trinajstić information content (AvgIpc) is 3.05. The molecule has 0 bridgehead atoms. The van der Waals surface area contributed by atoms with Crippen molar-refractivity contribution >= 4 is 33.3 Å². The lowest BCUT2D eigenvalue weighted by Crippen LogP contribution is -2.43. The summed E-state index contributed by atoms with van der Waals surface area (Å²) in [5, 5.41) is 1.12. The molecule has 0 radical (unpaired) electrons. The summed E-state index contributed by atoms with van der Waals surface area (Å²) in [5.41, 5.74) is 10.4. The molecular formula is C18H20N4O2S. The topological polar surface area (TPSA) is 73.5 Å². The summed E-state index contributed by atoms with van der Waals surface area (Å²) in [6.45, 7) is 4.52. The van der Waals surface area contributed by atoms with Gasteiger partial charge >= 0.3 is 0 Å². The van der Waals surface area contributed by atoms with Gasteiger partial charge in [0, 0.05) is 18.3 Å². The molecule has 7 heteroatoms. The number of nitrogens with zero attached hydrogens (tertiary/aromatic N) is 3. The summed E-state index contributed by atoms with van der Waals surface area (Å²) >= 11 is 1.50. The fraction of sp³-hybridized carbons (Fsp3) is 0.333. The summed E-state index contributed by atoms with van der Waals surface area (Å²) in [6, 6.07) is 8.15. The Bertz CT molecular complexity index is 911. The van der Waals surface area contributed by atoms with Gasteiger partial charge in [0.25, 0.3) is 0 Å². The molecular weight excluding hydrogens is 336 g/mol. The van der Waals surface area contributed by atoms with Gasteiger partial charge in [-0.2, -0.15) is 4.37 Å². The van der Waals surface area contributed by atoms with E-state index in [1.54, 1.807) is 7.11 Å². The average molecular weight is 356 g/mol. The number of nitrogen functional groups attached to an aromatic ring is 1. The van der Waals surface area contributed by atoms with Crippen LogP contribution in [0.5, 0.6) is 5.75 Å². The first-order valence-electron chi connectivity index (χ1n) is 8.21. The number of methoxy groups -OCH3 is 1. The number of anilines is 2. The molecule has 2 N–H and O–H groups in total. The number of fused-ring (bicyclic) bond motifs is 1. The van der Waals surface area contributed by atoms with E-state index in [0.717, 1.165) is 46.9 Å². The van der Waals surface area contributed by atoms with Gasteiger partial charge in [0.05, 0.1) is 32.1 Å². The van der Waals surface area contributed by atoms with Crippen molar-refractivity contribution in [1.29, 1.82) is 0 Å². The summed E-state index contributed by atoms with van der Waals surface area (Å²) in [6.07, 6.45) is 1.89. The summed E-state index contributed by atoms with van der Waals surface area (Å²) < 4.78 is 15.5. The first-order valence-corrected chi connectivity index (χ1v) is 8.98. The summed E-state index contributed by atoms with van der Waals surface area (Å²) in [7, 11) is 1.62. The van der Waals surface area contributed by atoms with Gasteiger partial charge < -0.3 is 20.1 Å². The van der Waals surface area contributed by atoms with Crippen molar-refractivity contribution < 1.29 is 9.47 Å². The quantitative estimate of drug-likeness (QED) is 0.727. The zero-order chi connectivity index (χ0) is 17.4. The van der Waals surface area contributed by atoms with Crippen molar-refractivity contribution in [3.05, 3.63) is 30.5 Å². The molecule has 3 heterocycles. The lowest BCUT2D eigenvalue weighted by Gasteiger charge is -2.33. The first-order chi connectivity index (χ1) is 12.2. The monoisotopic (exact) mass is 356 g/mol. The Kier molecular flexibility index (Phi) is 4.19. The largest absolute Gasteiger partial charge is 0.495 e. The number of benzene rings is 1. The van der Waals surface area contributed by atoms with Gasteiger partial charge in [-0.25, -0.2) is 0 Å². The molecule has 6 nitrogen and oxygen atoms in total. The van der Waals surface area contributed by atoms with E-state index in [4.69, 9.17) is 20.2 Å². The number of rotatable bonds is 3. The van der Waals surface area contributed by atoms with Gasteiger partial charge in [-0.05, 0) is 42.2 Å². The van der Waals surface area contributed by atoms with Crippen LogP contribution in [0.4, 0.5) is 10.7 Å². The maximum atomic E-state index is 5.90. The molecule has 1 aliphatic heterocycles. The van der Waals surface area contributed by atoms with Crippen LogP contribution in [-0.4, -0.2) is 42.3 Å². The van der Waals surface area contributed by atoms with E-state index in [0.29, 0.717) is 17.5 Å². The van der Waals surface area contributed by atoms with Crippen molar-refractivity contribution in [3.63, 3.8) is 0 Å². The van der Waals surface area contributed by atoms with Crippen molar-refractivity contribution in [2.75, 3.05) is 37.5 Å². The van der Waals surface area contributed by atoms with Gasteiger partial charge in [-0.3, -0.25) is 4.98 Å². The molecule has 130 valence electrons. The zero-order valence-corrected chi connectivity index (χ0v) is 15.0. The Labute approximate surface area is 150 Å². The maximum Gasteiger partial charge on any atom is 0.142 e. The van der Waals surface area contributed by atoms with E-state index in [1.807, 2.05) is 24.4 Å². The van der Waals surface area contributed by atoms with Crippen LogP contribution in [0.3, 0.4) is 0 Å². The van der Waals surface area contributed by atoms with Crippen LogP contribution in [-0.2, 0) is 4.74 Å². The Hall–Kier alpha value is -2.38. The number of morpholine rings is 1. The zero-order valence-electron chi connectivity index (χ0n) is 14.2. The Morgan fingerprint density at radius 3 is 3.00 bits per heavy atom. The second-order valence-electron chi connectivity index (χ2n) is 6.15. The van der Waals surface area contributed by atoms with Gasteiger partial charge in [0.1, 0.15) is 21.8 Å². The number of ether oxygens (including phenoxy) is 2. The van der Waals surface area contributed by atoms with Crippen LogP contribution < -0.4 is 15.4 Å². The number of pyridine rings is 1. The molecule has 0 saturated carbocycles. The molecule has 3 aromatic rings. The minimum atomic E-state index is 0.334. The van der Waals surface area contributed by atoms with Crippen molar-refractivity contribution in [1.82, 2.24) is 9.36 Å². The van der Waals surface area contributed by atoms with E-state index in [9.17, 15) is 0 Å². The number of nitrogens with two attached hydrogens (primary N) is 1. The molecule has 1 fully saturated rings. The van der Waals surface area contributed by atoms with Crippen molar-refractivity contribution in [2.45, 2.75) is 13.0 Å². The third-order valence-electron chi connectivity index (χ3n) is 4.50. The predicted octanol–water partition coefficient (Wildman–Crippen LogP) is 3.17. The molecule has 0 unspecified atom stereocenters. The summed E-state index contributed by atoms with van der Waals surface area (Å²) in [4.78, 5) is 7.03. The Morgan fingerprint density at radius 1 is 1.32 bits per heavy atom. The molecule has 1 atom stereocenters. The lowest BCUT2D eigenvalue weighted by molar-refractivity contribution is 0.0994. The molecule has 1 aliphatic rings. The highest BCUT2D eigenvalue weighted by Crippen LogP contribution is 2.35. The van der Waals surface area contributed by atoms with E-state index < -0.39 is 0 Å². The molecule has 2 aromatic heterocycles. The van der Waals surface area contributed by atoms with Gasteiger partial charge in [0.15, 0.2) is 0 Å². The molecule has 4 rings (SSSR count). The van der Waals surface area contributed by atoms with E-state index in [-0.39, 0.29) is 0 Å². The van der Waals surface area contributed by atoms with Crippen LogP contribution >= 0.6 is 11.5 Å². The third-order valence-corrected chi connectivity index (χ3v) is 5.38. The van der Waals surface area contributed by atoms with E-state index in [1.165, 1.54) is 11.5 Å². The first kappa shape index (κ1) is 16.1. The van der Waals surface area contributed by atoms with Crippen LogP contribution in [0.1, 0.15) is 6.92 Å². The minimum absolute atomic E-state index is 0.334. The third kappa shape index (κ3) is 2.89. The highest BCUT2D eigenvalue weighted by Gasteiger charge is 2.23. The molecule has 1 aromatic carbocycles. The second-order valence-corrected chi connectivity index (χ2v) is 6.91. The number of hydrogen-bond acceptors (Lipinski definition) is 7. The fourth-order valence-corrected chi connectivity index (χ4v) is 4.03. The van der Waals surface area contributed by atoms with Crippen LogP contribution in [0.25, 0.3) is 22.2 Å². The highest BCUT2D eigenvalue weighted by atomic mass is 32.1. The smallest absolute Gasteiger partial charge is 0.142 e. The Balaban J connectivity index is 1.72.